The van der Waals surface area contributed by atoms with Gasteiger partial charge in [0.2, 0.25) is 0 Å². The highest BCUT2D eigenvalue weighted by Crippen LogP contribution is 2.21. The number of nitrogens with zero attached hydrogens (tertiary/aromatic N) is 2. The third kappa shape index (κ3) is 4.57. The van der Waals surface area contributed by atoms with Crippen molar-refractivity contribution in [2.45, 2.75) is 25.6 Å². The zero-order chi connectivity index (χ0) is 16.8. The summed E-state index contributed by atoms with van der Waals surface area (Å²) in [4.78, 5) is 6.42. The molecule has 1 saturated heterocycles. The van der Waals surface area contributed by atoms with Gasteiger partial charge in [0.15, 0.2) is 0 Å². The van der Waals surface area contributed by atoms with Crippen LogP contribution >= 0.6 is 11.3 Å². The molecule has 0 spiro atoms. The van der Waals surface area contributed by atoms with Crippen LogP contribution in [0.5, 0.6) is 5.75 Å². The van der Waals surface area contributed by atoms with E-state index in [0.29, 0.717) is 6.04 Å². The molecule has 3 rings (SSSR count). The summed E-state index contributed by atoms with van der Waals surface area (Å²) in [6.45, 7) is 5.34. The number of methoxy groups -OCH3 is 1. The van der Waals surface area contributed by atoms with Crippen LogP contribution in [0, 0.1) is 0 Å². The van der Waals surface area contributed by atoms with Crippen molar-refractivity contribution in [1.82, 2.24) is 9.80 Å². The first-order chi connectivity index (χ1) is 11.8. The van der Waals surface area contributed by atoms with Crippen molar-refractivity contribution in [3.63, 3.8) is 0 Å². The van der Waals surface area contributed by atoms with Gasteiger partial charge < -0.3 is 9.84 Å². The van der Waals surface area contributed by atoms with E-state index in [1.807, 2.05) is 23.5 Å². The summed E-state index contributed by atoms with van der Waals surface area (Å²) < 4.78 is 5.23. The number of piperazine rings is 1. The first-order valence-corrected chi connectivity index (χ1v) is 9.39. The van der Waals surface area contributed by atoms with Crippen molar-refractivity contribution in [1.29, 1.82) is 0 Å². The van der Waals surface area contributed by atoms with Gasteiger partial charge >= 0.3 is 0 Å². The summed E-state index contributed by atoms with van der Waals surface area (Å²) in [5, 5.41) is 11.6. The van der Waals surface area contributed by atoms with E-state index < -0.39 is 0 Å². The van der Waals surface area contributed by atoms with Crippen molar-refractivity contribution in [3.8, 4) is 5.75 Å². The van der Waals surface area contributed by atoms with Gasteiger partial charge in [-0.15, -0.1) is 11.3 Å². The molecule has 0 radical (unpaired) electrons. The number of aliphatic hydroxyl groups is 1. The van der Waals surface area contributed by atoms with E-state index in [0.717, 1.165) is 44.9 Å². The largest absolute Gasteiger partial charge is 0.497 e. The van der Waals surface area contributed by atoms with Gasteiger partial charge in [-0.1, -0.05) is 18.2 Å². The van der Waals surface area contributed by atoms with Crippen LogP contribution in [0.3, 0.4) is 0 Å². The summed E-state index contributed by atoms with van der Waals surface area (Å²) >= 11 is 1.81. The van der Waals surface area contributed by atoms with Gasteiger partial charge in [0, 0.05) is 50.2 Å². The molecule has 1 aromatic carbocycles. The Balaban J connectivity index is 1.59. The van der Waals surface area contributed by atoms with E-state index in [2.05, 4.69) is 39.4 Å². The van der Waals surface area contributed by atoms with E-state index in [1.54, 1.807) is 7.11 Å². The lowest BCUT2D eigenvalue weighted by molar-refractivity contribution is 0.0506. The molecule has 1 atom stereocenters. The molecular weight excluding hydrogens is 320 g/mol. The lowest BCUT2D eigenvalue weighted by atomic mass is 10.1. The standard InChI is InChI=1S/C19H26N2O2S/c1-23-18-6-4-16(5-7-18)13-20-9-10-21(17(14-20)8-11-22)15-19-3-2-12-24-19/h2-7,12,17,22H,8-11,13-15H2,1H3/t17-/m1/s1. The van der Waals surface area contributed by atoms with Crippen LogP contribution in [0.25, 0.3) is 0 Å². The van der Waals surface area contributed by atoms with Gasteiger partial charge in [-0.05, 0) is 35.6 Å². The molecule has 0 aliphatic carbocycles. The Bertz CT molecular complexity index is 600. The molecule has 0 amide bonds. The smallest absolute Gasteiger partial charge is 0.118 e. The molecule has 2 heterocycles. The van der Waals surface area contributed by atoms with Crippen LogP contribution in [0.4, 0.5) is 0 Å². The average molecular weight is 346 g/mol. The number of ether oxygens (including phenoxy) is 1. The molecule has 1 aliphatic rings. The summed E-state index contributed by atoms with van der Waals surface area (Å²) in [5.41, 5.74) is 1.31. The van der Waals surface area contributed by atoms with Crippen molar-refractivity contribution >= 4 is 11.3 Å². The van der Waals surface area contributed by atoms with Gasteiger partial charge in [0.25, 0.3) is 0 Å². The molecule has 1 fully saturated rings. The lowest BCUT2D eigenvalue weighted by Crippen LogP contribution is -2.52. The normalized spacial score (nSPS) is 19.5. The van der Waals surface area contributed by atoms with Crippen molar-refractivity contribution in [2.75, 3.05) is 33.4 Å². The van der Waals surface area contributed by atoms with Crippen LogP contribution in [0.15, 0.2) is 41.8 Å². The second kappa shape index (κ2) is 8.62. The summed E-state index contributed by atoms with van der Waals surface area (Å²) in [5.74, 6) is 0.901. The average Bonchev–Trinajstić information content (AvgIpc) is 3.11. The number of benzene rings is 1. The minimum absolute atomic E-state index is 0.252. The van der Waals surface area contributed by atoms with Crippen LogP contribution in [0.2, 0.25) is 0 Å². The van der Waals surface area contributed by atoms with Gasteiger partial charge in [0.05, 0.1) is 7.11 Å². The fourth-order valence-electron chi connectivity index (χ4n) is 3.32. The predicted octanol–water partition coefficient (Wildman–Crippen LogP) is 2.83. The molecule has 2 aromatic rings. The van der Waals surface area contributed by atoms with E-state index in [-0.39, 0.29) is 6.61 Å². The quantitative estimate of drug-likeness (QED) is 0.836. The highest BCUT2D eigenvalue weighted by atomic mass is 32.1. The SMILES string of the molecule is COc1ccc(CN2CCN(Cc3cccs3)[C@H](CCO)C2)cc1. The molecular formula is C19H26N2O2S. The molecule has 1 aromatic heterocycles. The Labute approximate surface area is 148 Å². The lowest BCUT2D eigenvalue weighted by Gasteiger charge is -2.41. The highest BCUT2D eigenvalue weighted by Gasteiger charge is 2.26. The first kappa shape index (κ1) is 17.4. The second-order valence-electron chi connectivity index (χ2n) is 6.30. The maximum atomic E-state index is 9.44. The Kier molecular flexibility index (Phi) is 6.26. The maximum absolute atomic E-state index is 9.44. The minimum Gasteiger partial charge on any atom is -0.497 e. The van der Waals surface area contributed by atoms with Gasteiger partial charge in [-0.3, -0.25) is 9.80 Å². The minimum atomic E-state index is 0.252. The molecule has 4 nitrogen and oxygen atoms in total. The Morgan fingerprint density at radius 3 is 2.67 bits per heavy atom. The fraction of sp³-hybridized carbons (Fsp3) is 0.474. The number of rotatable bonds is 7. The van der Waals surface area contributed by atoms with Crippen molar-refractivity contribution < 1.29 is 9.84 Å². The number of aliphatic hydroxyl groups excluding tert-OH is 1. The molecule has 1 N–H and O–H groups in total. The van der Waals surface area contributed by atoms with E-state index in [4.69, 9.17) is 4.74 Å². The summed E-state index contributed by atoms with van der Waals surface area (Å²) in [6.07, 6.45) is 0.838. The van der Waals surface area contributed by atoms with Crippen LogP contribution in [-0.4, -0.2) is 54.3 Å². The van der Waals surface area contributed by atoms with E-state index in [1.165, 1.54) is 10.4 Å². The Morgan fingerprint density at radius 2 is 2.00 bits per heavy atom. The molecule has 1 aliphatic heterocycles. The van der Waals surface area contributed by atoms with Crippen LogP contribution in [-0.2, 0) is 13.1 Å². The molecule has 24 heavy (non-hydrogen) atoms. The van der Waals surface area contributed by atoms with Crippen LogP contribution < -0.4 is 4.74 Å². The summed E-state index contributed by atoms with van der Waals surface area (Å²) in [7, 11) is 1.70. The van der Waals surface area contributed by atoms with Crippen molar-refractivity contribution in [3.05, 3.63) is 52.2 Å². The van der Waals surface area contributed by atoms with Crippen molar-refractivity contribution in [2.24, 2.45) is 0 Å². The highest BCUT2D eigenvalue weighted by molar-refractivity contribution is 7.09. The topological polar surface area (TPSA) is 35.9 Å². The molecule has 0 bridgehead atoms. The van der Waals surface area contributed by atoms with Gasteiger partial charge in [-0.25, -0.2) is 0 Å². The first-order valence-electron chi connectivity index (χ1n) is 8.51. The predicted molar refractivity (Wildman–Crippen MR) is 98.5 cm³/mol. The third-order valence-electron chi connectivity index (χ3n) is 4.66. The third-order valence-corrected chi connectivity index (χ3v) is 5.52. The molecule has 0 saturated carbocycles. The van der Waals surface area contributed by atoms with E-state index in [9.17, 15) is 5.11 Å². The van der Waals surface area contributed by atoms with E-state index >= 15 is 0 Å². The van der Waals surface area contributed by atoms with Gasteiger partial charge in [0.1, 0.15) is 5.75 Å². The molecule has 5 heteroatoms. The summed E-state index contributed by atoms with van der Waals surface area (Å²) in [6, 6.07) is 13.0. The molecule has 130 valence electrons. The Morgan fingerprint density at radius 1 is 1.17 bits per heavy atom. The number of hydrogen-bond donors (Lipinski definition) is 1. The monoisotopic (exact) mass is 346 g/mol. The zero-order valence-electron chi connectivity index (χ0n) is 14.2. The number of thiophene rings is 1. The second-order valence-corrected chi connectivity index (χ2v) is 7.33. The Hall–Kier alpha value is -1.40. The maximum Gasteiger partial charge on any atom is 0.118 e. The number of hydrogen-bond acceptors (Lipinski definition) is 5. The fourth-order valence-corrected chi connectivity index (χ4v) is 4.05. The van der Waals surface area contributed by atoms with Gasteiger partial charge in [-0.2, -0.15) is 0 Å². The zero-order valence-corrected chi connectivity index (χ0v) is 15.0. The molecule has 0 unspecified atom stereocenters. The van der Waals surface area contributed by atoms with Crippen LogP contribution in [0.1, 0.15) is 16.9 Å².